The quantitative estimate of drug-likeness (QED) is 0.164. The van der Waals surface area contributed by atoms with Crippen LogP contribution in [0.15, 0.2) is 116 Å². The van der Waals surface area contributed by atoms with Gasteiger partial charge >= 0.3 is 6.03 Å². The Morgan fingerprint density at radius 3 is 2.27 bits per heavy atom. The zero-order chi connectivity index (χ0) is 30.7. The summed E-state index contributed by atoms with van der Waals surface area (Å²) in [6.45, 7) is 6.29. The van der Waals surface area contributed by atoms with Crippen molar-refractivity contribution in [2.45, 2.75) is 44.6 Å². The van der Waals surface area contributed by atoms with Crippen LogP contribution in [0.5, 0.6) is 0 Å². The van der Waals surface area contributed by atoms with E-state index in [-0.39, 0.29) is 24.8 Å². The molecule has 1 heterocycles. The molecule has 2 amide bonds. The molecule has 0 aromatic heterocycles. The summed E-state index contributed by atoms with van der Waals surface area (Å²) in [6, 6.07) is 33.9. The fourth-order valence-corrected chi connectivity index (χ4v) is 5.47. The van der Waals surface area contributed by atoms with Gasteiger partial charge in [0, 0.05) is 38.2 Å². The minimum Gasteiger partial charge on any atom is -0.392 e. The van der Waals surface area contributed by atoms with Gasteiger partial charge in [-0.05, 0) is 40.4 Å². The Hall–Kier alpha value is -4.27. The van der Waals surface area contributed by atoms with Crippen molar-refractivity contribution >= 4 is 6.03 Å². The van der Waals surface area contributed by atoms with Gasteiger partial charge in [0.25, 0.3) is 0 Å². The number of aliphatic hydroxyl groups is 1. The van der Waals surface area contributed by atoms with Gasteiger partial charge in [0.15, 0.2) is 6.29 Å². The molecule has 3 atom stereocenters. The summed E-state index contributed by atoms with van der Waals surface area (Å²) in [5.74, 6) is 0. The zero-order valence-electron chi connectivity index (χ0n) is 25.2. The maximum Gasteiger partial charge on any atom is 0.315 e. The first-order chi connectivity index (χ1) is 21.5. The third-order valence-electron chi connectivity index (χ3n) is 7.82. The first-order valence-electron chi connectivity index (χ1n) is 15.1. The van der Waals surface area contributed by atoms with E-state index >= 15 is 0 Å². The normalized spacial score (nSPS) is 18.1. The molecule has 4 aromatic carbocycles. The number of urea groups is 1. The first-order valence-corrected chi connectivity index (χ1v) is 15.1. The number of rotatable bonds is 12. The highest BCUT2D eigenvalue weighted by Gasteiger charge is 2.32. The van der Waals surface area contributed by atoms with Gasteiger partial charge in [0.05, 0.1) is 18.8 Å². The van der Waals surface area contributed by atoms with Gasteiger partial charge < -0.3 is 30.1 Å². The molecule has 7 nitrogen and oxygen atoms in total. The van der Waals surface area contributed by atoms with Crippen molar-refractivity contribution in [3.8, 4) is 11.1 Å². The SMILES string of the molecule is C=CCN(C)CC1CC(c2ccc(CO)cc2)OC(c2ccc(-c3ccccc3CNC(=O)NCc3ccccc3)cc2)O1. The molecule has 1 aliphatic rings. The Morgan fingerprint density at radius 1 is 0.864 bits per heavy atom. The molecule has 1 saturated heterocycles. The second kappa shape index (κ2) is 15.5. The Balaban J connectivity index is 1.27. The number of likely N-dealkylation sites (N-methyl/N-ethyl adjacent to an activating group) is 1. The van der Waals surface area contributed by atoms with E-state index in [1.54, 1.807) is 0 Å². The van der Waals surface area contributed by atoms with Crippen LogP contribution in [-0.4, -0.2) is 42.3 Å². The van der Waals surface area contributed by atoms with E-state index in [1.807, 2.05) is 78.9 Å². The van der Waals surface area contributed by atoms with Gasteiger partial charge in [-0.2, -0.15) is 0 Å². The van der Waals surface area contributed by atoms with E-state index in [0.717, 1.165) is 58.5 Å². The van der Waals surface area contributed by atoms with Crippen LogP contribution in [0.4, 0.5) is 4.79 Å². The molecule has 0 aliphatic carbocycles. The van der Waals surface area contributed by atoms with Crippen LogP contribution in [0.1, 0.15) is 46.6 Å². The van der Waals surface area contributed by atoms with Crippen molar-refractivity contribution in [3.05, 3.63) is 144 Å². The number of aliphatic hydroxyl groups excluding tert-OH is 1. The molecule has 0 saturated carbocycles. The Kier molecular flexibility index (Phi) is 10.9. The monoisotopic (exact) mass is 591 g/mol. The number of amides is 2. The van der Waals surface area contributed by atoms with Gasteiger partial charge in [-0.25, -0.2) is 4.79 Å². The summed E-state index contributed by atoms with van der Waals surface area (Å²) in [4.78, 5) is 14.7. The molecule has 3 N–H and O–H groups in total. The fourth-order valence-electron chi connectivity index (χ4n) is 5.47. The fraction of sp³-hybridized carbons (Fsp3) is 0.270. The number of nitrogens with zero attached hydrogens (tertiary/aromatic N) is 1. The minimum atomic E-state index is -0.521. The molecule has 0 spiro atoms. The van der Waals surface area contributed by atoms with Gasteiger partial charge in [-0.3, -0.25) is 0 Å². The Morgan fingerprint density at radius 2 is 1.55 bits per heavy atom. The number of nitrogens with one attached hydrogen (secondary N) is 2. The summed E-state index contributed by atoms with van der Waals surface area (Å²) in [5.41, 5.74) is 7.06. The molecule has 4 aromatic rings. The van der Waals surface area contributed by atoms with Crippen molar-refractivity contribution < 1.29 is 19.4 Å². The van der Waals surface area contributed by atoms with Crippen LogP contribution in [0.2, 0.25) is 0 Å². The molecular weight excluding hydrogens is 550 g/mol. The maximum absolute atomic E-state index is 12.5. The van der Waals surface area contributed by atoms with Crippen molar-refractivity contribution in [2.24, 2.45) is 0 Å². The van der Waals surface area contributed by atoms with E-state index in [4.69, 9.17) is 9.47 Å². The number of carbonyl (C=O) groups excluding carboxylic acids is 1. The number of hydrogen-bond acceptors (Lipinski definition) is 5. The Labute approximate surface area is 260 Å². The van der Waals surface area contributed by atoms with E-state index in [2.05, 4.69) is 59.5 Å². The lowest BCUT2D eigenvalue weighted by atomic mass is 9.97. The summed E-state index contributed by atoms with van der Waals surface area (Å²) in [5, 5.41) is 15.4. The standard InChI is InChI=1S/C37H41N3O4/c1-3-21-40(2)25-33-22-35(30-15-13-28(26-41)14-16-30)44-36(43-33)31-19-17-29(18-20-31)34-12-8-7-11-32(34)24-39-37(42)38-23-27-9-5-4-6-10-27/h3-20,33,35-36,41H,1,21-26H2,2H3,(H2,38,39,42). The lowest BCUT2D eigenvalue weighted by molar-refractivity contribution is -0.252. The summed E-state index contributed by atoms with van der Waals surface area (Å²) in [6.07, 6.45) is 1.94. The molecule has 5 rings (SSSR count). The molecule has 7 heteroatoms. The summed E-state index contributed by atoms with van der Waals surface area (Å²) in [7, 11) is 2.06. The first kappa shape index (κ1) is 31.2. The number of ether oxygens (including phenoxy) is 2. The third-order valence-corrected chi connectivity index (χ3v) is 7.82. The van der Waals surface area contributed by atoms with E-state index in [0.29, 0.717) is 13.1 Å². The van der Waals surface area contributed by atoms with Gasteiger partial charge in [-0.15, -0.1) is 6.58 Å². The molecule has 228 valence electrons. The van der Waals surface area contributed by atoms with Crippen LogP contribution in [0, 0.1) is 0 Å². The highest BCUT2D eigenvalue weighted by atomic mass is 16.7. The third kappa shape index (κ3) is 8.42. The summed E-state index contributed by atoms with van der Waals surface area (Å²) < 4.78 is 13.0. The summed E-state index contributed by atoms with van der Waals surface area (Å²) >= 11 is 0. The van der Waals surface area contributed by atoms with Crippen molar-refractivity contribution in [2.75, 3.05) is 20.1 Å². The van der Waals surface area contributed by atoms with Crippen molar-refractivity contribution in [1.82, 2.24) is 15.5 Å². The van der Waals surface area contributed by atoms with Crippen LogP contribution in [0.3, 0.4) is 0 Å². The zero-order valence-corrected chi connectivity index (χ0v) is 25.2. The molecule has 1 fully saturated rings. The van der Waals surface area contributed by atoms with Crippen LogP contribution in [-0.2, 0) is 29.2 Å². The largest absolute Gasteiger partial charge is 0.392 e. The number of hydrogen-bond donors (Lipinski definition) is 3. The molecule has 1 aliphatic heterocycles. The molecule has 44 heavy (non-hydrogen) atoms. The highest BCUT2D eigenvalue weighted by molar-refractivity contribution is 5.75. The molecule has 0 radical (unpaired) electrons. The second-order valence-electron chi connectivity index (χ2n) is 11.2. The predicted molar refractivity (Wildman–Crippen MR) is 174 cm³/mol. The van der Waals surface area contributed by atoms with E-state index in [9.17, 15) is 9.90 Å². The highest BCUT2D eigenvalue weighted by Crippen LogP contribution is 2.38. The maximum atomic E-state index is 12.5. The molecule has 0 bridgehead atoms. The van der Waals surface area contributed by atoms with E-state index in [1.165, 1.54) is 0 Å². The average molecular weight is 592 g/mol. The average Bonchev–Trinajstić information content (AvgIpc) is 3.07. The number of benzene rings is 4. The lowest BCUT2D eigenvalue weighted by Crippen LogP contribution is -2.37. The molecule has 3 unspecified atom stereocenters. The van der Waals surface area contributed by atoms with Crippen LogP contribution < -0.4 is 10.6 Å². The number of carbonyl (C=O) groups is 1. The smallest absolute Gasteiger partial charge is 0.315 e. The minimum absolute atomic E-state index is 0.0134. The van der Waals surface area contributed by atoms with Crippen molar-refractivity contribution in [1.29, 1.82) is 0 Å². The topological polar surface area (TPSA) is 83.1 Å². The second-order valence-corrected chi connectivity index (χ2v) is 11.2. The van der Waals surface area contributed by atoms with Crippen molar-refractivity contribution in [3.63, 3.8) is 0 Å². The Bertz CT molecular complexity index is 1490. The predicted octanol–water partition coefficient (Wildman–Crippen LogP) is 6.51. The van der Waals surface area contributed by atoms with Gasteiger partial charge in [-0.1, -0.05) is 109 Å². The van der Waals surface area contributed by atoms with Gasteiger partial charge in [0.1, 0.15) is 0 Å². The molecular formula is C37H41N3O4. The van der Waals surface area contributed by atoms with Gasteiger partial charge in [0.2, 0.25) is 0 Å². The van der Waals surface area contributed by atoms with Crippen LogP contribution >= 0.6 is 0 Å². The van der Waals surface area contributed by atoms with Crippen LogP contribution in [0.25, 0.3) is 11.1 Å². The lowest BCUT2D eigenvalue weighted by Gasteiger charge is -2.37. The van der Waals surface area contributed by atoms with E-state index < -0.39 is 6.29 Å².